The van der Waals surface area contributed by atoms with Gasteiger partial charge in [0.2, 0.25) is 5.91 Å². The van der Waals surface area contributed by atoms with Gasteiger partial charge in [0.1, 0.15) is 5.01 Å². The van der Waals surface area contributed by atoms with Crippen LogP contribution in [0.4, 0.5) is 0 Å². The lowest BCUT2D eigenvalue weighted by Crippen LogP contribution is -2.28. The van der Waals surface area contributed by atoms with Crippen LogP contribution in [0.2, 0.25) is 5.02 Å². The molecule has 4 rings (SSSR count). The topological polar surface area (TPSA) is 62.3 Å². The Morgan fingerprint density at radius 2 is 1.90 bits per heavy atom. The molecule has 154 valence electrons. The first-order chi connectivity index (χ1) is 14.6. The lowest BCUT2D eigenvalue weighted by Gasteiger charge is -2.15. The van der Waals surface area contributed by atoms with Crippen LogP contribution in [0.5, 0.6) is 0 Å². The number of rotatable bonds is 6. The molecule has 1 aliphatic rings. The van der Waals surface area contributed by atoms with Crippen molar-refractivity contribution in [1.82, 2.24) is 15.2 Å². The lowest BCUT2D eigenvalue weighted by molar-refractivity contribution is -0.120. The highest BCUT2D eigenvalue weighted by Crippen LogP contribution is 2.30. The van der Waals surface area contributed by atoms with E-state index in [9.17, 15) is 9.59 Å². The van der Waals surface area contributed by atoms with Crippen LogP contribution in [0.1, 0.15) is 34.5 Å². The van der Waals surface area contributed by atoms with Gasteiger partial charge >= 0.3 is 0 Å². The summed E-state index contributed by atoms with van der Waals surface area (Å²) < 4.78 is 0. The molecular formula is C23H22ClN3O2S. The molecule has 1 N–H and O–H groups in total. The summed E-state index contributed by atoms with van der Waals surface area (Å²) in [6, 6.07) is 15.0. The van der Waals surface area contributed by atoms with Crippen LogP contribution in [0, 0.1) is 0 Å². The zero-order valence-corrected chi connectivity index (χ0v) is 18.0. The van der Waals surface area contributed by atoms with Gasteiger partial charge in [-0.3, -0.25) is 9.59 Å². The number of carbonyl (C=O) groups excluding carboxylic acids is 2. The molecule has 0 bridgehead atoms. The number of hydrogen-bond acceptors (Lipinski definition) is 4. The fourth-order valence-corrected chi connectivity index (χ4v) is 4.63. The predicted molar refractivity (Wildman–Crippen MR) is 120 cm³/mol. The van der Waals surface area contributed by atoms with Crippen LogP contribution in [0.3, 0.4) is 0 Å². The van der Waals surface area contributed by atoms with E-state index in [1.165, 1.54) is 11.3 Å². The fourth-order valence-electron chi connectivity index (χ4n) is 3.49. The van der Waals surface area contributed by atoms with Gasteiger partial charge in [-0.1, -0.05) is 41.9 Å². The van der Waals surface area contributed by atoms with Crippen LogP contribution in [0.15, 0.2) is 53.9 Å². The number of nitrogens with zero attached hydrogens (tertiary/aromatic N) is 2. The first-order valence-corrected chi connectivity index (χ1v) is 11.2. The van der Waals surface area contributed by atoms with E-state index >= 15 is 0 Å². The molecule has 5 nitrogen and oxygen atoms in total. The Kier molecular flexibility index (Phi) is 6.45. The minimum Gasteiger partial charge on any atom is -0.352 e. The van der Waals surface area contributed by atoms with Gasteiger partial charge in [-0.15, -0.1) is 11.3 Å². The van der Waals surface area contributed by atoms with Crippen molar-refractivity contribution in [3.63, 3.8) is 0 Å². The van der Waals surface area contributed by atoms with Gasteiger partial charge in [-0.25, -0.2) is 4.98 Å². The van der Waals surface area contributed by atoms with Crippen molar-refractivity contribution in [2.75, 3.05) is 13.1 Å². The van der Waals surface area contributed by atoms with Crippen molar-refractivity contribution in [3.05, 3.63) is 75.8 Å². The monoisotopic (exact) mass is 439 g/mol. The zero-order valence-electron chi connectivity index (χ0n) is 16.4. The zero-order chi connectivity index (χ0) is 20.9. The van der Waals surface area contributed by atoms with Crippen molar-refractivity contribution >= 4 is 34.8 Å². The molecule has 0 saturated carbocycles. The third-order valence-corrected chi connectivity index (χ3v) is 6.31. The van der Waals surface area contributed by atoms with Gasteiger partial charge in [0.05, 0.1) is 17.1 Å². The Morgan fingerprint density at radius 1 is 1.10 bits per heavy atom. The average Bonchev–Trinajstić information content (AvgIpc) is 3.45. The van der Waals surface area contributed by atoms with Crippen molar-refractivity contribution < 1.29 is 9.59 Å². The number of carbonyl (C=O) groups is 2. The molecule has 1 aliphatic heterocycles. The number of amides is 2. The highest BCUT2D eigenvalue weighted by molar-refractivity contribution is 7.13. The quantitative estimate of drug-likeness (QED) is 0.612. The molecular weight excluding hydrogens is 418 g/mol. The molecule has 30 heavy (non-hydrogen) atoms. The van der Waals surface area contributed by atoms with E-state index in [4.69, 9.17) is 11.6 Å². The molecule has 1 aromatic heterocycles. The van der Waals surface area contributed by atoms with Crippen molar-refractivity contribution in [1.29, 1.82) is 0 Å². The molecule has 7 heteroatoms. The second-order valence-electron chi connectivity index (χ2n) is 7.28. The number of benzene rings is 2. The Labute approximate surface area is 184 Å². The Morgan fingerprint density at radius 3 is 2.70 bits per heavy atom. The minimum atomic E-state index is -0.109. The molecule has 0 atom stereocenters. The third kappa shape index (κ3) is 4.89. The van der Waals surface area contributed by atoms with Gasteiger partial charge in [0.25, 0.3) is 5.91 Å². The van der Waals surface area contributed by atoms with E-state index in [0.717, 1.165) is 42.1 Å². The van der Waals surface area contributed by atoms with Crippen molar-refractivity contribution in [3.8, 4) is 10.6 Å². The fraction of sp³-hybridized carbons (Fsp3) is 0.261. The number of thiazole rings is 1. The van der Waals surface area contributed by atoms with E-state index in [-0.39, 0.29) is 18.2 Å². The first-order valence-electron chi connectivity index (χ1n) is 9.94. The number of hydrogen-bond donors (Lipinski definition) is 1. The molecule has 0 spiro atoms. The summed E-state index contributed by atoms with van der Waals surface area (Å²) in [5.41, 5.74) is 3.16. The summed E-state index contributed by atoms with van der Waals surface area (Å²) in [5.74, 6) is -0.0440. The summed E-state index contributed by atoms with van der Waals surface area (Å²) in [4.78, 5) is 31.3. The first kappa shape index (κ1) is 20.6. The maximum atomic E-state index is 12.5. The number of likely N-dealkylation sites (tertiary alicyclic amines) is 1. The number of nitrogens with one attached hydrogen (secondary N) is 1. The largest absolute Gasteiger partial charge is 0.352 e. The average molecular weight is 440 g/mol. The van der Waals surface area contributed by atoms with E-state index in [2.05, 4.69) is 10.3 Å². The second-order valence-corrected chi connectivity index (χ2v) is 8.54. The van der Waals surface area contributed by atoms with Crippen LogP contribution in [0.25, 0.3) is 10.6 Å². The van der Waals surface area contributed by atoms with Gasteiger partial charge in [0.15, 0.2) is 0 Å². The van der Waals surface area contributed by atoms with Crippen LogP contribution in [-0.4, -0.2) is 34.8 Å². The van der Waals surface area contributed by atoms with Crippen molar-refractivity contribution in [2.24, 2.45) is 0 Å². The maximum Gasteiger partial charge on any atom is 0.253 e. The Balaban J connectivity index is 1.34. The smallest absolute Gasteiger partial charge is 0.253 e. The van der Waals surface area contributed by atoms with Gasteiger partial charge in [0, 0.05) is 36.1 Å². The van der Waals surface area contributed by atoms with Crippen LogP contribution in [-0.2, 0) is 17.8 Å². The summed E-state index contributed by atoms with van der Waals surface area (Å²) in [5, 5.41) is 6.25. The van der Waals surface area contributed by atoms with E-state index in [1.807, 2.05) is 58.8 Å². The summed E-state index contributed by atoms with van der Waals surface area (Å²) in [6.45, 7) is 2.02. The molecule has 2 amide bonds. The Hall–Kier alpha value is -2.70. The van der Waals surface area contributed by atoms with E-state index in [1.54, 1.807) is 0 Å². The van der Waals surface area contributed by atoms with E-state index < -0.39 is 0 Å². The summed E-state index contributed by atoms with van der Waals surface area (Å²) in [6.07, 6.45) is 2.33. The predicted octanol–water partition coefficient (Wildman–Crippen LogP) is 4.56. The molecule has 2 heterocycles. The molecule has 1 fully saturated rings. The molecule has 3 aromatic rings. The van der Waals surface area contributed by atoms with Crippen LogP contribution < -0.4 is 5.32 Å². The minimum absolute atomic E-state index is 0.0650. The SMILES string of the molecule is O=C(Cc1csc(-c2ccccc2Cl)n1)NCc1cccc(C(=O)N2CCCC2)c1. The summed E-state index contributed by atoms with van der Waals surface area (Å²) >= 11 is 7.70. The van der Waals surface area contributed by atoms with Gasteiger partial charge in [-0.2, -0.15) is 0 Å². The summed E-state index contributed by atoms with van der Waals surface area (Å²) in [7, 11) is 0. The Bertz CT molecular complexity index is 1060. The molecule has 0 unspecified atom stereocenters. The standard InChI is InChI=1S/C23H22ClN3O2S/c24-20-9-2-1-8-19(20)22-26-18(15-30-22)13-21(28)25-14-16-6-5-7-17(12-16)23(29)27-10-3-4-11-27/h1-2,5-9,12,15H,3-4,10-11,13-14H2,(H,25,28). The highest BCUT2D eigenvalue weighted by Gasteiger charge is 2.19. The molecule has 0 radical (unpaired) electrons. The van der Waals surface area contributed by atoms with Gasteiger partial charge in [-0.05, 0) is 36.6 Å². The number of halogens is 1. The molecule has 1 saturated heterocycles. The normalized spacial score (nSPS) is 13.4. The van der Waals surface area contributed by atoms with Crippen molar-refractivity contribution in [2.45, 2.75) is 25.8 Å². The molecule has 2 aromatic carbocycles. The number of aromatic nitrogens is 1. The van der Waals surface area contributed by atoms with Gasteiger partial charge < -0.3 is 10.2 Å². The third-order valence-electron chi connectivity index (χ3n) is 5.05. The lowest BCUT2D eigenvalue weighted by atomic mass is 10.1. The van der Waals surface area contributed by atoms with E-state index in [0.29, 0.717) is 22.8 Å². The highest BCUT2D eigenvalue weighted by atomic mass is 35.5. The van der Waals surface area contributed by atoms with Crippen LogP contribution >= 0.6 is 22.9 Å². The molecule has 0 aliphatic carbocycles. The maximum absolute atomic E-state index is 12.5. The second kappa shape index (κ2) is 9.41.